The highest BCUT2D eigenvalue weighted by Gasteiger charge is 2.41. The number of nitrogens with one attached hydrogen (secondary N) is 1. The average molecular weight is 314 g/mol. The van der Waals surface area contributed by atoms with E-state index in [9.17, 15) is 0 Å². The maximum atomic E-state index is 5.50. The van der Waals surface area contributed by atoms with Gasteiger partial charge in [-0.25, -0.2) is 0 Å². The quantitative estimate of drug-likeness (QED) is 0.819. The second-order valence-corrected chi connectivity index (χ2v) is 5.74. The second-order valence-electron chi connectivity index (χ2n) is 4.82. The summed E-state index contributed by atoms with van der Waals surface area (Å²) in [6.45, 7) is 2.63. The zero-order valence-corrected chi connectivity index (χ0v) is 12.5. The number of halogens is 1. The zero-order chi connectivity index (χ0) is 13.0. The average Bonchev–Trinajstić information content (AvgIpc) is 2.33. The first-order chi connectivity index (χ1) is 8.72. The van der Waals surface area contributed by atoms with Crippen LogP contribution in [0.4, 0.5) is 0 Å². The van der Waals surface area contributed by atoms with Gasteiger partial charge in [0.05, 0.1) is 20.3 Å². The molecular formula is C14H20BrNO2. The van der Waals surface area contributed by atoms with Crippen molar-refractivity contribution in [3.05, 3.63) is 28.2 Å². The van der Waals surface area contributed by atoms with Crippen molar-refractivity contribution in [1.82, 2.24) is 5.32 Å². The first-order valence-corrected chi connectivity index (χ1v) is 7.07. The van der Waals surface area contributed by atoms with Crippen LogP contribution in [0.3, 0.4) is 0 Å². The molecule has 0 unspecified atom stereocenters. The summed E-state index contributed by atoms with van der Waals surface area (Å²) in [6.07, 6.45) is 2.27. The molecule has 1 aromatic rings. The molecule has 1 aliphatic rings. The minimum atomic E-state index is 0.131. The van der Waals surface area contributed by atoms with E-state index in [4.69, 9.17) is 9.47 Å². The zero-order valence-electron chi connectivity index (χ0n) is 11.0. The summed E-state index contributed by atoms with van der Waals surface area (Å²) in [5, 5.41) is 3.20. The van der Waals surface area contributed by atoms with Gasteiger partial charge >= 0.3 is 0 Å². The Balaban J connectivity index is 2.23. The Kier molecular flexibility index (Phi) is 4.65. The van der Waals surface area contributed by atoms with E-state index in [1.54, 1.807) is 7.11 Å². The van der Waals surface area contributed by atoms with Crippen molar-refractivity contribution in [2.75, 3.05) is 33.9 Å². The van der Waals surface area contributed by atoms with E-state index in [1.807, 2.05) is 19.2 Å². The third-order valence-corrected chi connectivity index (χ3v) is 4.06. The van der Waals surface area contributed by atoms with Crippen LogP contribution in [-0.2, 0) is 10.2 Å². The molecule has 1 aliphatic heterocycles. The smallest absolute Gasteiger partial charge is 0.122 e. The highest BCUT2D eigenvalue weighted by Crippen LogP contribution is 2.42. The molecular weight excluding hydrogens is 294 g/mol. The number of benzene rings is 1. The Morgan fingerprint density at radius 1 is 1.44 bits per heavy atom. The molecule has 0 radical (unpaired) electrons. The number of methoxy groups -OCH3 is 1. The van der Waals surface area contributed by atoms with Crippen LogP contribution < -0.4 is 10.1 Å². The minimum Gasteiger partial charge on any atom is -0.496 e. The standard InChI is InChI=1S/C14H20BrNO2/c1-16-7-3-6-14(9-18-10-14)12-8-11(15)4-5-13(12)17-2/h4-5,8,16H,3,6-7,9-10H2,1-2H3. The SMILES string of the molecule is CNCCCC1(c2cc(Br)ccc2OC)COC1. The molecule has 4 heteroatoms. The Morgan fingerprint density at radius 3 is 2.78 bits per heavy atom. The van der Waals surface area contributed by atoms with E-state index < -0.39 is 0 Å². The Bertz CT molecular complexity index is 405. The molecule has 2 rings (SSSR count). The molecule has 1 aromatic carbocycles. The summed E-state index contributed by atoms with van der Waals surface area (Å²) in [5.74, 6) is 0.964. The van der Waals surface area contributed by atoms with E-state index in [0.717, 1.165) is 42.8 Å². The lowest BCUT2D eigenvalue weighted by Crippen LogP contribution is -2.47. The fourth-order valence-electron chi connectivity index (χ4n) is 2.48. The first kappa shape index (κ1) is 13.8. The third-order valence-electron chi connectivity index (χ3n) is 3.57. The molecule has 0 atom stereocenters. The lowest BCUT2D eigenvalue weighted by Gasteiger charge is -2.43. The van der Waals surface area contributed by atoms with Crippen LogP contribution in [0.5, 0.6) is 5.75 Å². The van der Waals surface area contributed by atoms with Gasteiger partial charge in [0.15, 0.2) is 0 Å². The summed E-state index contributed by atoms with van der Waals surface area (Å²) in [7, 11) is 3.72. The molecule has 0 aromatic heterocycles. The van der Waals surface area contributed by atoms with Gasteiger partial charge in [0.2, 0.25) is 0 Å². The molecule has 100 valence electrons. The minimum absolute atomic E-state index is 0.131. The number of ether oxygens (including phenoxy) is 2. The van der Waals surface area contributed by atoms with Crippen LogP contribution in [0.15, 0.2) is 22.7 Å². The molecule has 1 saturated heterocycles. The summed E-state index contributed by atoms with van der Waals surface area (Å²) in [5.41, 5.74) is 1.40. The van der Waals surface area contributed by atoms with Crippen molar-refractivity contribution >= 4 is 15.9 Å². The van der Waals surface area contributed by atoms with Gasteiger partial charge in [0.25, 0.3) is 0 Å². The molecule has 0 aliphatic carbocycles. The molecule has 0 spiro atoms. The van der Waals surface area contributed by atoms with Gasteiger partial charge < -0.3 is 14.8 Å². The van der Waals surface area contributed by atoms with Gasteiger partial charge in [-0.3, -0.25) is 0 Å². The molecule has 1 fully saturated rings. The van der Waals surface area contributed by atoms with E-state index in [-0.39, 0.29) is 5.41 Å². The molecule has 0 saturated carbocycles. The van der Waals surface area contributed by atoms with E-state index in [1.165, 1.54) is 5.56 Å². The summed E-state index contributed by atoms with van der Waals surface area (Å²) in [6, 6.07) is 6.21. The second kappa shape index (κ2) is 6.04. The predicted molar refractivity (Wildman–Crippen MR) is 76.4 cm³/mol. The van der Waals surface area contributed by atoms with Crippen molar-refractivity contribution in [2.24, 2.45) is 0 Å². The molecule has 1 heterocycles. The Morgan fingerprint density at radius 2 is 2.22 bits per heavy atom. The summed E-state index contributed by atoms with van der Waals surface area (Å²) in [4.78, 5) is 0. The summed E-state index contributed by atoms with van der Waals surface area (Å²) < 4.78 is 12.1. The molecule has 18 heavy (non-hydrogen) atoms. The topological polar surface area (TPSA) is 30.5 Å². The van der Waals surface area contributed by atoms with Crippen LogP contribution in [0.25, 0.3) is 0 Å². The third kappa shape index (κ3) is 2.71. The van der Waals surface area contributed by atoms with Crippen LogP contribution in [-0.4, -0.2) is 33.9 Å². The molecule has 0 amide bonds. The number of rotatable bonds is 6. The van der Waals surface area contributed by atoms with E-state index >= 15 is 0 Å². The van der Waals surface area contributed by atoms with Crippen molar-refractivity contribution in [1.29, 1.82) is 0 Å². The van der Waals surface area contributed by atoms with Crippen molar-refractivity contribution in [2.45, 2.75) is 18.3 Å². The number of hydrogen-bond acceptors (Lipinski definition) is 3. The molecule has 1 N–H and O–H groups in total. The maximum absolute atomic E-state index is 5.50. The predicted octanol–water partition coefficient (Wildman–Crippen LogP) is 2.73. The molecule has 3 nitrogen and oxygen atoms in total. The van der Waals surface area contributed by atoms with Crippen LogP contribution in [0.1, 0.15) is 18.4 Å². The van der Waals surface area contributed by atoms with Crippen LogP contribution in [0, 0.1) is 0 Å². The normalized spacial score (nSPS) is 17.3. The molecule has 0 bridgehead atoms. The van der Waals surface area contributed by atoms with Crippen LogP contribution in [0.2, 0.25) is 0 Å². The largest absolute Gasteiger partial charge is 0.496 e. The monoisotopic (exact) mass is 313 g/mol. The highest BCUT2D eigenvalue weighted by molar-refractivity contribution is 9.10. The van der Waals surface area contributed by atoms with Crippen molar-refractivity contribution in [3.63, 3.8) is 0 Å². The van der Waals surface area contributed by atoms with E-state index in [2.05, 4.69) is 27.3 Å². The lowest BCUT2D eigenvalue weighted by atomic mass is 9.74. The van der Waals surface area contributed by atoms with Crippen molar-refractivity contribution < 1.29 is 9.47 Å². The van der Waals surface area contributed by atoms with Gasteiger partial charge in [0.1, 0.15) is 5.75 Å². The van der Waals surface area contributed by atoms with Crippen LogP contribution >= 0.6 is 15.9 Å². The first-order valence-electron chi connectivity index (χ1n) is 6.28. The Labute approximate surface area is 117 Å². The fourth-order valence-corrected chi connectivity index (χ4v) is 2.84. The lowest BCUT2D eigenvalue weighted by molar-refractivity contribution is -0.0659. The van der Waals surface area contributed by atoms with Gasteiger partial charge in [-0.1, -0.05) is 15.9 Å². The van der Waals surface area contributed by atoms with Gasteiger partial charge in [-0.15, -0.1) is 0 Å². The van der Waals surface area contributed by atoms with Gasteiger partial charge in [0, 0.05) is 15.5 Å². The van der Waals surface area contributed by atoms with Crippen molar-refractivity contribution in [3.8, 4) is 5.75 Å². The fraction of sp³-hybridized carbons (Fsp3) is 0.571. The van der Waals surface area contributed by atoms with E-state index in [0.29, 0.717) is 0 Å². The summed E-state index contributed by atoms with van der Waals surface area (Å²) >= 11 is 3.54. The van der Waals surface area contributed by atoms with Gasteiger partial charge in [-0.05, 0) is 44.6 Å². The highest BCUT2D eigenvalue weighted by atomic mass is 79.9. The Hall–Kier alpha value is -0.580. The number of hydrogen-bond donors (Lipinski definition) is 1. The van der Waals surface area contributed by atoms with Gasteiger partial charge in [-0.2, -0.15) is 0 Å². The maximum Gasteiger partial charge on any atom is 0.122 e.